The summed E-state index contributed by atoms with van der Waals surface area (Å²) in [5.74, 6) is -3.86. The second-order valence-electron chi connectivity index (χ2n) is 7.39. The normalized spacial score (nSPS) is 12.1. The van der Waals surface area contributed by atoms with Gasteiger partial charge in [-0.15, -0.1) is 0 Å². The van der Waals surface area contributed by atoms with Crippen molar-refractivity contribution in [2.45, 2.75) is 44.7 Å². The number of Topliss-reactive ketones (excluding diaryl/α,β-unsaturated/α-hetero) is 1. The standard InChI is InChI=1S/C23H26F2N2O6S/c1-2-18(21(29)22(30)26-14-16-8-4-3-5-9-16)27-20(28)12-13-34(31,32)15-17-10-6-7-11-19(17)33-23(24)25/h3-11,18,23H,2,12-15H2,1H3,(H,26,30)(H,27,28)/t18-/m0/s1. The van der Waals surface area contributed by atoms with Gasteiger partial charge in [-0.25, -0.2) is 8.42 Å². The highest BCUT2D eigenvalue weighted by Crippen LogP contribution is 2.22. The fourth-order valence-electron chi connectivity index (χ4n) is 3.03. The van der Waals surface area contributed by atoms with Crippen molar-refractivity contribution in [3.63, 3.8) is 0 Å². The first-order valence-corrected chi connectivity index (χ1v) is 12.3. The molecule has 0 heterocycles. The summed E-state index contributed by atoms with van der Waals surface area (Å²) in [6, 6.07) is 13.3. The van der Waals surface area contributed by atoms with Gasteiger partial charge in [-0.1, -0.05) is 55.5 Å². The quantitative estimate of drug-likeness (QED) is 0.411. The van der Waals surface area contributed by atoms with Crippen LogP contribution in [0.2, 0.25) is 0 Å². The van der Waals surface area contributed by atoms with E-state index in [2.05, 4.69) is 15.4 Å². The van der Waals surface area contributed by atoms with Crippen LogP contribution in [0.4, 0.5) is 8.78 Å². The molecular formula is C23H26F2N2O6S. The molecule has 11 heteroatoms. The summed E-state index contributed by atoms with van der Waals surface area (Å²) in [6.45, 7) is -1.36. The number of carbonyl (C=O) groups is 3. The van der Waals surface area contributed by atoms with E-state index in [9.17, 15) is 31.6 Å². The van der Waals surface area contributed by atoms with Gasteiger partial charge in [-0.3, -0.25) is 14.4 Å². The van der Waals surface area contributed by atoms with E-state index in [4.69, 9.17) is 0 Å². The number of rotatable bonds is 13. The predicted molar refractivity (Wildman–Crippen MR) is 121 cm³/mol. The number of halogens is 2. The van der Waals surface area contributed by atoms with Crippen molar-refractivity contribution in [1.82, 2.24) is 10.6 Å². The van der Waals surface area contributed by atoms with E-state index in [1.54, 1.807) is 31.2 Å². The number of nitrogens with one attached hydrogen (secondary N) is 2. The van der Waals surface area contributed by atoms with Crippen LogP contribution < -0.4 is 15.4 Å². The van der Waals surface area contributed by atoms with Gasteiger partial charge >= 0.3 is 6.61 Å². The van der Waals surface area contributed by atoms with E-state index < -0.39 is 58.0 Å². The molecule has 0 unspecified atom stereocenters. The molecule has 8 nitrogen and oxygen atoms in total. The first-order valence-electron chi connectivity index (χ1n) is 10.5. The topological polar surface area (TPSA) is 119 Å². The molecule has 0 aliphatic carbocycles. The van der Waals surface area contributed by atoms with Crippen LogP contribution in [0.3, 0.4) is 0 Å². The minimum atomic E-state index is -3.86. The van der Waals surface area contributed by atoms with Crippen LogP contribution in [0, 0.1) is 0 Å². The summed E-state index contributed by atoms with van der Waals surface area (Å²) in [6.07, 6.45) is -0.329. The minimum absolute atomic E-state index is 0.0416. The molecule has 0 aromatic heterocycles. The first-order chi connectivity index (χ1) is 16.1. The molecule has 184 valence electrons. The van der Waals surface area contributed by atoms with E-state index in [0.717, 1.165) is 5.56 Å². The Morgan fingerprint density at radius 3 is 2.29 bits per heavy atom. The lowest BCUT2D eigenvalue weighted by molar-refractivity contribution is -0.140. The summed E-state index contributed by atoms with van der Waals surface area (Å²) >= 11 is 0. The van der Waals surface area contributed by atoms with Gasteiger partial charge in [-0.05, 0) is 18.1 Å². The Hall–Kier alpha value is -3.34. The van der Waals surface area contributed by atoms with Gasteiger partial charge in [0.15, 0.2) is 9.84 Å². The van der Waals surface area contributed by atoms with Gasteiger partial charge in [0.25, 0.3) is 5.91 Å². The summed E-state index contributed by atoms with van der Waals surface area (Å²) in [5.41, 5.74) is 0.839. The third-order valence-electron chi connectivity index (χ3n) is 4.78. The van der Waals surface area contributed by atoms with E-state index >= 15 is 0 Å². The number of alkyl halides is 2. The molecule has 34 heavy (non-hydrogen) atoms. The molecule has 2 aromatic carbocycles. The maximum atomic E-state index is 12.5. The van der Waals surface area contributed by atoms with Crippen LogP contribution in [0.5, 0.6) is 5.75 Å². The Morgan fingerprint density at radius 2 is 1.65 bits per heavy atom. The molecule has 0 aliphatic heterocycles. The summed E-state index contributed by atoms with van der Waals surface area (Å²) in [7, 11) is -3.86. The van der Waals surface area contributed by atoms with Crippen molar-refractivity contribution < 1.29 is 36.3 Å². The maximum absolute atomic E-state index is 12.5. The van der Waals surface area contributed by atoms with Crippen molar-refractivity contribution in [2.75, 3.05) is 5.75 Å². The zero-order valence-corrected chi connectivity index (χ0v) is 19.3. The third kappa shape index (κ3) is 8.89. The molecule has 0 bridgehead atoms. The van der Waals surface area contributed by atoms with Crippen LogP contribution in [-0.4, -0.2) is 44.4 Å². The SMILES string of the molecule is CC[C@H](NC(=O)CCS(=O)(=O)Cc1ccccc1OC(F)F)C(=O)C(=O)NCc1ccccc1. The largest absolute Gasteiger partial charge is 0.435 e. The van der Waals surface area contributed by atoms with E-state index in [-0.39, 0.29) is 24.3 Å². The number of para-hydroxylation sites is 1. The number of sulfone groups is 1. The lowest BCUT2D eigenvalue weighted by atomic mass is 10.1. The van der Waals surface area contributed by atoms with Gasteiger partial charge in [0, 0.05) is 18.5 Å². The van der Waals surface area contributed by atoms with E-state index in [1.807, 2.05) is 6.07 Å². The molecule has 0 aliphatic rings. The summed E-state index contributed by atoms with van der Waals surface area (Å²) < 4.78 is 54.2. The number of ether oxygens (including phenoxy) is 1. The fraction of sp³-hybridized carbons (Fsp3) is 0.348. The molecule has 0 saturated heterocycles. The van der Waals surface area contributed by atoms with Gasteiger partial charge in [0.1, 0.15) is 5.75 Å². The van der Waals surface area contributed by atoms with Crippen molar-refractivity contribution in [3.8, 4) is 5.75 Å². The summed E-state index contributed by atoms with van der Waals surface area (Å²) in [5, 5.41) is 4.87. The highest BCUT2D eigenvalue weighted by molar-refractivity contribution is 7.90. The van der Waals surface area contributed by atoms with E-state index in [0.29, 0.717) is 0 Å². The Labute approximate surface area is 196 Å². The number of benzene rings is 2. The van der Waals surface area contributed by atoms with Crippen LogP contribution in [-0.2, 0) is 36.5 Å². The fourth-order valence-corrected chi connectivity index (χ4v) is 4.39. The third-order valence-corrected chi connectivity index (χ3v) is 6.36. The Balaban J connectivity index is 1.88. The van der Waals surface area contributed by atoms with Crippen LogP contribution in [0.25, 0.3) is 0 Å². The number of carbonyl (C=O) groups excluding carboxylic acids is 3. The van der Waals surface area contributed by atoms with Crippen molar-refractivity contribution in [3.05, 3.63) is 65.7 Å². The van der Waals surface area contributed by atoms with Crippen LogP contribution in [0.15, 0.2) is 54.6 Å². The van der Waals surface area contributed by atoms with Gasteiger partial charge in [0.2, 0.25) is 11.7 Å². The smallest absolute Gasteiger partial charge is 0.387 e. The molecule has 2 amide bonds. The highest BCUT2D eigenvalue weighted by atomic mass is 32.2. The number of hydrogen-bond donors (Lipinski definition) is 2. The second kappa shape index (κ2) is 12.8. The number of amides is 2. The first kappa shape index (κ1) is 26.9. The van der Waals surface area contributed by atoms with E-state index in [1.165, 1.54) is 24.3 Å². The molecule has 2 N–H and O–H groups in total. The average molecular weight is 497 g/mol. The van der Waals surface area contributed by atoms with Gasteiger partial charge < -0.3 is 15.4 Å². The molecule has 2 rings (SSSR count). The molecule has 0 spiro atoms. The van der Waals surface area contributed by atoms with Crippen LogP contribution >= 0.6 is 0 Å². The summed E-state index contributed by atoms with van der Waals surface area (Å²) in [4.78, 5) is 36.8. The number of hydrogen-bond acceptors (Lipinski definition) is 6. The van der Waals surface area contributed by atoms with Crippen molar-refractivity contribution in [1.29, 1.82) is 0 Å². The van der Waals surface area contributed by atoms with Crippen molar-refractivity contribution in [2.24, 2.45) is 0 Å². The maximum Gasteiger partial charge on any atom is 0.387 e. The number of ketones is 1. The predicted octanol–water partition coefficient (Wildman–Crippen LogP) is 2.37. The monoisotopic (exact) mass is 496 g/mol. The highest BCUT2D eigenvalue weighted by Gasteiger charge is 2.26. The molecule has 0 radical (unpaired) electrons. The minimum Gasteiger partial charge on any atom is -0.435 e. The lowest BCUT2D eigenvalue weighted by Crippen LogP contribution is -2.47. The molecule has 0 saturated carbocycles. The van der Waals surface area contributed by atoms with Crippen molar-refractivity contribution >= 4 is 27.4 Å². The molecular weight excluding hydrogens is 470 g/mol. The zero-order valence-electron chi connectivity index (χ0n) is 18.5. The van der Waals surface area contributed by atoms with Gasteiger partial charge in [0.05, 0.1) is 17.5 Å². The molecule has 0 fully saturated rings. The molecule has 1 atom stereocenters. The Morgan fingerprint density at radius 1 is 1.00 bits per heavy atom. The average Bonchev–Trinajstić information content (AvgIpc) is 2.80. The molecule has 2 aromatic rings. The Bertz CT molecular complexity index is 1090. The zero-order chi connectivity index (χ0) is 25.1. The lowest BCUT2D eigenvalue weighted by Gasteiger charge is -2.16. The Kier molecular flexibility index (Phi) is 10.1. The van der Waals surface area contributed by atoms with Crippen LogP contribution in [0.1, 0.15) is 30.9 Å². The van der Waals surface area contributed by atoms with Gasteiger partial charge in [-0.2, -0.15) is 8.78 Å². The second-order valence-corrected chi connectivity index (χ2v) is 9.57.